The van der Waals surface area contributed by atoms with Crippen LogP contribution >= 0.6 is 11.8 Å². The van der Waals surface area contributed by atoms with Gasteiger partial charge in [-0.2, -0.15) is 0 Å². The first-order chi connectivity index (χ1) is 10.1. The average Bonchev–Trinajstić information content (AvgIpc) is 3.10. The van der Waals surface area contributed by atoms with Crippen molar-refractivity contribution in [2.75, 3.05) is 13.7 Å². The molecule has 0 radical (unpaired) electrons. The van der Waals surface area contributed by atoms with Gasteiger partial charge >= 0.3 is 5.97 Å². The first-order valence-electron chi connectivity index (χ1n) is 6.90. The summed E-state index contributed by atoms with van der Waals surface area (Å²) >= 11 is 1.53. The second-order valence-electron chi connectivity index (χ2n) is 5.36. The van der Waals surface area contributed by atoms with E-state index in [1.54, 1.807) is 7.11 Å². The number of benzene rings is 1. The normalized spacial score (nSPS) is 27.7. The lowest BCUT2D eigenvalue weighted by Gasteiger charge is -2.24. The van der Waals surface area contributed by atoms with Gasteiger partial charge in [0.25, 0.3) is 0 Å². The van der Waals surface area contributed by atoms with E-state index in [4.69, 9.17) is 4.74 Å². The van der Waals surface area contributed by atoms with E-state index in [-0.39, 0.29) is 17.3 Å². The van der Waals surface area contributed by atoms with Crippen LogP contribution in [-0.4, -0.2) is 52.9 Å². The number of rotatable bonds is 3. The van der Waals surface area contributed by atoms with Crippen LogP contribution in [0.2, 0.25) is 0 Å². The number of carboxylic acids is 1. The van der Waals surface area contributed by atoms with Crippen LogP contribution in [0, 0.1) is 0 Å². The molecule has 2 heterocycles. The molecule has 0 saturated carbocycles. The Hall–Kier alpha value is -1.53. The van der Waals surface area contributed by atoms with Crippen LogP contribution in [0.5, 0.6) is 0 Å². The Bertz CT molecular complexity index is 552. The van der Waals surface area contributed by atoms with Crippen LogP contribution in [0.15, 0.2) is 29.2 Å². The first-order valence-corrected chi connectivity index (χ1v) is 7.78. The van der Waals surface area contributed by atoms with Crippen molar-refractivity contribution in [2.45, 2.75) is 35.1 Å². The number of carbonyl (C=O) groups excluding carboxylic acids is 1. The summed E-state index contributed by atoms with van der Waals surface area (Å²) in [7, 11) is 1.55. The Labute approximate surface area is 127 Å². The number of amides is 1. The van der Waals surface area contributed by atoms with Crippen molar-refractivity contribution in [1.29, 1.82) is 0 Å². The van der Waals surface area contributed by atoms with Gasteiger partial charge in [0.1, 0.15) is 6.04 Å². The van der Waals surface area contributed by atoms with Gasteiger partial charge < -0.3 is 14.7 Å². The molecular formula is C15H17NO4S. The molecule has 3 rings (SSSR count). The number of carboxylic acid groups (broad SMARTS) is 1. The zero-order chi connectivity index (χ0) is 15.0. The summed E-state index contributed by atoms with van der Waals surface area (Å²) in [6.45, 7) is 0.361. The highest BCUT2D eigenvalue weighted by Gasteiger charge is 2.43. The van der Waals surface area contributed by atoms with E-state index in [0.29, 0.717) is 19.4 Å². The Morgan fingerprint density at radius 3 is 2.81 bits per heavy atom. The topological polar surface area (TPSA) is 66.8 Å². The number of aliphatic carboxylic acids is 1. The quantitative estimate of drug-likeness (QED) is 0.914. The average molecular weight is 307 g/mol. The monoisotopic (exact) mass is 307 g/mol. The van der Waals surface area contributed by atoms with Crippen molar-refractivity contribution in [3.63, 3.8) is 0 Å². The van der Waals surface area contributed by atoms with Crippen LogP contribution in [0.1, 0.15) is 12.0 Å². The first kappa shape index (κ1) is 14.4. The minimum absolute atomic E-state index is 0.0943. The summed E-state index contributed by atoms with van der Waals surface area (Å²) in [5.41, 5.74) is 1.16. The molecule has 1 fully saturated rings. The van der Waals surface area contributed by atoms with Crippen LogP contribution in [0.4, 0.5) is 0 Å². The van der Waals surface area contributed by atoms with Crippen molar-refractivity contribution in [3.8, 4) is 0 Å². The number of thioether (sulfide) groups is 1. The maximum Gasteiger partial charge on any atom is 0.326 e. The lowest BCUT2D eigenvalue weighted by molar-refractivity contribution is -0.148. The Balaban J connectivity index is 1.75. The molecule has 21 heavy (non-hydrogen) atoms. The second-order valence-corrected chi connectivity index (χ2v) is 6.60. The summed E-state index contributed by atoms with van der Waals surface area (Å²) < 4.78 is 5.23. The van der Waals surface area contributed by atoms with Crippen molar-refractivity contribution in [3.05, 3.63) is 29.8 Å². The molecule has 0 spiro atoms. The summed E-state index contributed by atoms with van der Waals surface area (Å²) in [6.07, 6.45) is 0.839. The van der Waals surface area contributed by atoms with E-state index in [0.717, 1.165) is 10.5 Å². The van der Waals surface area contributed by atoms with Crippen molar-refractivity contribution in [2.24, 2.45) is 0 Å². The summed E-state index contributed by atoms with van der Waals surface area (Å²) in [5.74, 6) is -1.05. The molecule has 2 aliphatic heterocycles. The number of fused-ring (bicyclic) bond motifs is 1. The minimum atomic E-state index is -0.955. The fourth-order valence-corrected chi connectivity index (χ4v) is 4.22. The third kappa shape index (κ3) is 2.65. The maximum atomic E-state index is 12.7. The van der Waals surface area contributed by atoms with E-state index in [9.17, 15) is 14.7 Å². The lowest BCUT2D eigenvalue weighted by Crippen LogP contribution is -2.44. The number of nitrogens with zero attached hydrogens (tertiary/aromatic N) is 1. The number of ether oxygens (including phenoxy) is 1. The molecule has 1 N–H and O–H groups in total. The number of carbonyl (C=O) groups is 2. The van der Waals surface area contributed by atoms with Crippen LogP contribution in [0.3, 0.4) is 0 Å². The molecule has 0 bridgehead atoms. The van der Waals surface area contributed by atoms with Crippen LogP contribution < -0.4 is 0 Å². The molecule has 6 heteroatoms. The van der Waals surface area contributed by atoms with Gasteiger partial charge in [-0.3, -0.25) is 4.79 Å². The zero-order valence-electron chi connectivity index (χ0n) is 11.7. The largest absolute Gasteiger partial charge is 0.480 e. The summed E-state index contributed by atoms with van der Waals surface area (Å²) in [6, 6.07) is 7.17. The summed E-state index contributed by atoms with van der Waals surface area (Å²) in [4.78, 5) is 26.6. The highest BCUT2D eigenvalue weighted by atomic mass is 32.2. The van der Waals surface area contributed by atoms with E-state index >= 15 is 0 Å². The second kappa shape index (κ2) is 5.69. The van der Waals surface area contributed by atoms with Gasteiger partial charge in [-0.1, -0.05) is 18.2 Å². The highest BCUT2D eigenvalue weighted by molar-refractivity contribution is 8.01. The van der Waals surface area contributed by atoms with E-state index in [1.807, 2.05) is 24.3 Å². The molecule has 1 aromatic carbocycles. The molecule has 2 aliphatic rings. The molecule has 3 unspecified atom stereocenters. The third-order valence-electron chi connectivity index (χ3n) is 4.09. The van der Waals surface area contributed by atoms with Gasteiger partial charge in [-0.25, -0.2) is 4.79 Å². The van der Waals surface area contributed by atoms with Crippen molar-refractivity contribution in [1.82, 2.24) is 4.90 Å². The predicted molar refractivity (Wildman–Crippen MR) is 78.3 cm³/mol. The number of methoxy groups -OCH3 is 1. The third-order valence-corrected chi connectivity index (χ3v) is 5.39. The van der Waals surface area contributed by atoms with Crippen molar-refractivity contribution >= 4 is 23.6 Å². The molecule has 0 aliphatic carbocycles. The predicted octanol–water partition coefficient (Wildman–Crippen LogP) is 1.40. The van der Waals surface area contributed by atoms with Gasteiger partial charge in [0.15, 0.2) is 0 Å². The van der Waals surface area contributed by atoms with Crippen LogP contribution in [0.25, 0.3) is 0 Å². The fourth-order valence-electron chi connectivity index (χ4n) is 2.95. The molecule has 3 atom stereocenters. The van der Waals surface area contributed by atoms with E-state index < -0.39 is 12.0 Å². The SMILES string of the molecule is COC1CC(C(=O)O)N(C(=O)C2Cc3ccccc3S2)C1. The number of likely N-dealkylation sites (tertiary alicyclic amines) is 1. The zero-order valence-corrected chi connectivity index (χ0v) is 12.5. The molecule has 1 aromatic rings. The Morgan fingerprint density at radius 2 is 2.14 bits per heavy atom. The van der Waals surface area contributed by atoms with Gasteiger partial charge in [0.05, 0.1) is 11.4 Å². The van der Waals surface area contributed by atoms with Gasteiger partial charge in [-0.05, 0) is 18.1 Å². The van der Waals surface area contributed by atoms with E-state index in [2.05, 4.69) is 0 Å². The standard InChI is InChI=1S/C15H17NO4S/c1-20-10-7-11(15(18)19)16(8-10)14(17)13-6-9-4-2-3-5-12(9)21-13/h2-5,10-11,13H,6-8H2,1H3,(H,18,19). The smallest absolute Gasteiger partial charge is 0.326 e. The molecule has 0 aromatic heterocycles. The van der Waals surface area contributed by atoms with E-state index in [1.165, 1.54) is 16.7 Å². The highest BCUT2D eigenvalue weighted by Crippen LogP contribution is 2.38. The van der Waals surface area contributed by atoms with Gasteiger partial charge in [-0.15, -0.1) is 11.8 Å². The fraction of sp³-hybridized carbons (Fsp3) is 0.467. The van der Waals surface area contributed by atoms with Crippen molar-refractivity contribution < 1.29 is 19.4 Å². The Kier molecular flexibility index (Phi) is 3.91. The molecular weight excluding hydrogens is 290 g/mol. The number of hydrogen-bond donors (Lipinski definition) is 1. The molecule has 1 amide bonds. The van der Waals surface area contributed by atoms with Gasteiger partial charge in [0, 0.05) is 25.0 Å². The maximum absolute atomic E-state index is 12.7. The number of hydrogen-bond acceptors (Lipinski definition) is 4. The van der Waals surface area contributed by atoms with Crippen LogP contribution in [-0.2, 0) is 20.7 Å². The summed E-state index contributed by atoms with van der Waals surface area (Å²) in [5, 5.41) is 9.08. The molecule has 1 saturated heterocycles. The minimum Gasteiger partial charge on any atom is -0.480 e. The molecule has 112 valence electrons. The lowest BCUT2D eigenvalue weighted by atomic mass is 10.1. The molecule has 5 nitrogen and oxygen atoms in total. The Morgan fingerprint density at radius 1 is 1.38 bits per heavy atom. The van der Waals surface area contributed by atoms with Gasteiger partial charge in [0.2, 0.25) is 5.91 Å².